The van der Waals surface area contributed by atoms with E-state index in [0.717, 1.165) is 11.1 Å². The standard InChI is InChI=1S/C15H13NO3S/c17-14-7-12(11-3-1-2-4-13(11)16-14)15(18)19-8-10-5-6-20-9-10/h1-6,9,12H,7-8H2,(H,16,17). The summed E-state index contributed by atoms with van der Waals surface area (Å²) in [6.07, 6.45) is 0.138. The summed E-state index contributed by atoms with van der Waals surface area (Å²) in [5.41, 5.74) is 2.49. The van der Waals surface area contributed by atoms with Crippen LogP contribution in [0.2, 0.25) is 0 Å². The van der Waals surface area contributed by atoms with Crippen molar-refractivity contribution in [2.24, 2.45) is 0 Å². The highest BCUT2D eigenvalue weighted by Crippen LogP contribution is 2.32. The molecule has 0 aliphatic carbocycles. The normalized spacial score (nSPS) is 17.2. The van der Waals surface area contributed by atoms with E-state index < -0.39 is 5.92 Å². The minimum atomic E-state index is -0.515. The third-order valence-electron chi connectivity index (χ3n) is 3.25. The zero-order valence-corrected chi connectivity index (χ0v) is 11.5. The molecule has 2 aromatic rings. The minimum absolute atomic E-state index is 0.138. The average molecular weight is 287 g/mol. The first-order chi connectivity index (χ1) is 9.74. The Labute approximate surface area is 120 Å². The predicted molar refractivity (Wildman–Crippen MR) is 76.5 cm³/mol. The van der Waals surface area contributed by atoms with Gasteiger partial charge in [0.1, 0.15) is 6.61 Å². The lowest BCUT2D eigenvalue weighted by atomic mass is 9.91. The van der Waals surface area contributed by atoms with E-state index in [9.17, 15) is 9.59 Å². The molecule has 0 saturated heterocycles. The molecule has 0 bridgehead atoms. The van der Waals surface area contributed by atoms with Crippen LogP contribution >= 0.6 is 11.3 Å². The van der Waals surface area contributed by atoms with E-state index in [2.05, 4.69) is 5.32 Å². The largest absolute Gasteiger partial charge is 0.460 e. The van der Waals surface area contributed by atoms with Gasteiger partial charge < -0.3 is 10.1 Å². The number of rotatable bonds is 3. The summed E-state index contributed by atoms with van der Waals surface area (Å²) in [6.45, 7) is 0.253. The second kappa shape index (κ2) is 5.46. The van der Waals surface area contributed by atoms with Crippen molar-refractivity contribution in [1.82, 2.24) is 0 Å². The van der Waals surface area contributed by atoms with Gasteiger partial charge in [-0.1, -0.05) is 18.2 Å². The number of thiophene rings is 1. The number of anilines is 1. The Hall–Kier alpha value is -2.14. The SMILES string of the molecule is O=C1CC(C(=O)OCc2ccsc2)c2ccccc2N1. The molecule has 1 atom stereocenters. The van der Waals surface area contributed by atoms with Gasteiger partial charge in [0.15, 0.2) is 0 Å². The van der Waals surface area contributed by atoms with Crippen LogP contribution in [0.15, 0.2) is 41.1 Å². The van der Waals surface area contributed by atoms with Gasteiger partial charge in [-0.05, 0) is 28.5 Å². The molecule has 0 radical (unpaired) electrons. The Kier molecular flexibility index (Phi) is 3.52. The van der Waals surface area contributed by atoms with Crippen molar-refractivity contribution in [2.45, 2.75) is 18.9 Å². The number of esters is 1. The molecule has 102 valence electrons. The van der Waals surface area contributed by atoms with Gasteiger partial charge in [-0.2, -0.15) is 11.3 Å². The molecule has 4 nitrogen and oxygen atoms in total. The zero-order valence-electron chi connectivity index (χ0n) is 10.7. The van der Waals surface area contributed by atoms with Crippen LogP contribution in [0.1, 0.15) is 23.5 Å². The molecular formula is C15H13NO3S. The lowest BCUT2D eigenvalue weighted by Gasteiger charge is -2.24. The smallest absolute Gasteiger partial charge is 0.314 e. The first-order valence-corrected chi connectivity index (χ1v) is 7.25. The first kappa shape index (κ1) is 12.9. The van der Waals surface area contributed by atoms with Crippen LogP contribution < -0.4 is 5.32 Å². The van der Waals surface area contributed by atoms with Crippen LogP contribution in [0.5, 0.6) is 0 Å². The molecule has 0 saturated carbocycles. The Morgan fingerprint density at radius 3 is 3.00 bits per heavy atom. The maximum atomic E-state index is 12.2. The number of hydrogen-bond acceptors (Lipinski definition) is 4. The monoisotopic (exact) mass is 287 g/mol. The van der Waals surface area contributed by atoms with Gasteiger partial charge >= 0.3 is 5.97 Å². The zero-order chi connectivity index (χ0) is 13.9. The number of hydrogen-bond donors (Lipinski definition) is 1. The molecule has 5 heteroatoms. The second-order valence-electron chi connectivity index (χ2n) is 4.63. The predicted octanol–water partition coefficient (Wildman–Crippen LogP) is 2.92. The molecule has 2 heterocycles. The van der Waals surface area contributed by atoms with Gasteiger partial charge in [0.2, 0.25) is 5.91 Å². The van der Waals surface area contributed by atoms with E-state index in [4.69, 9.17) is 4.74 Å². The van der Waals surface area contributed by atoms with Gasteiger partial charge in [0.05, 0.1) is 5.92 Å². The number of nitrogens with one attached hydrogen (secondary N) is 1. The maximum absolute atomic E-state index is 12.2. The van der Waals surface area contributed by atoms with E-state index >= 15 is 0 Å². The third-order valence-corrected chi connectivity index (χ3v) is 3.98. The number of fused-ring (bicyclic) bond motifs is 1. The first-order valence-electron chi connectivity index (χ1n) is 6.30. The van der Waals surface area contributed by atoms with Gasteiger partial charge in [-0.15, -0.1) is 0 Å². The van der Waals surface area contributed by atoms with Gasteiger partial charge in [0, 0.05) is 17.7 Å². The Bertz CT molecular complexity index is 636. The van der Waals surface area contributed by atoms with E-state index in [1.54, 1.807) is 17.4 Å². The summed E-state index contributed by atoms with van der Waals surface area (Å²) in [4.78, 5) is 23.9. The average Bonchev–Trinajstić information content (AvgIpc) is 2.97. The van der Waals surface area contributed by atoms with Gasteiger partial charge in [-0.25, -0.2) is 0 Å². The molecule has 1 amide bonds. The minimum Gasteiger partial charge on any atom is -0.460 e. The lowest BCUT2D eigenvalue weighted by Crippen LogP contribution is -2.28. The van der Waals surface area contributed by atoms with Crippen LogP contribution in [0.25, 0.3) is 0 Å². The molecule has 1 aromatic heterocycles. The number of amides is 1. The van der Waals surface area contributed by atoms with E-state index in [-0.39, 0.29) is 24.9 Å². The van der Waals surface area contributed by atoms with Crippen molar-refractivity contribution in [3.05, 3.63) is 52.2 Å². The molecule has 0 spiro atoms. The number of benzene rings is 1. The van der Waals surface area contributed by atoms with Crippen molar-refractivity contribution in [2.75, 3.05) is 5.32 Å². The van der Waals surface area contributed by atoms with Crippen molar-refractivity contribution < 1.29 is 14.3 Å². The number of carbonyl (C=O) groups is 2. The van der Waals surface area contributed by atoms with Crippen molar-refractivity contribution >= 4 is 28.9 Å². The van der Waals surface area contributed by atoms with E-state index in [1.165, 1.54) is 0 Å². The topological polar surface area (TPSA) is 55.4 Å². The molecule has 1 N–H and O–H groups in total. The molecule has 1 aromatic carbocycles. The summed E-state index contributed by atoms with van der Waals surface area (Å²) in [5, 5.41) is 6.65. The quantitative estimate of drug-likeness (QED) is 0.883. The van der Waals surface area contributed by atoms with Crippen LogP contribution in [0, 0.1) is 0 Å². The van der Waals surface area contributed by atoms with Crippen LogP contribution in [-0.4, -0.2) is 11.9 Å². The van der Waals surface area contributed by atoms with Crippen LogP contribution in [0.4, 0.5) is 5.69 Å². The molecule has 1 aliphatic heterocycles. The number of ether oxygens (including phenoxy) is 1. The Morgan fingerprint density at radius 2 is 2.20 bits per heavy atom. The van der Waals surface area contributed by atoms with Crippen molar-refractivity contribution in [3.8, 4) is 0 Å². The highest BCUT2D eigenvalue weighted by molar-refractivity contribution is 7.07. The van der Waals surface area contributed by atoms with E-state index in [0.29, 0.717) is 5.69 Å². The Morgan fingerprint density at radius 1 is 1.35 bits per heavy atom. The van der Waals surface area contributed by atoms with Gasteiger partial charge in [-0.3, -0.25) is 9.59 Å². The van der Waals surface area contributed by atoms with Crippen molar-refractivity contribution in [1.29, 1.82) is 0 Å². The maximum Gasteiger partial charge on any atom is 0.314 e. The van der Waals surface area contributed by atoms with Gasteiger partial charge in [0.25, 0.3) is 0 Å². The molecule has 1 unspecified atom stereocenters. The molecule has 0 fully saturated rings. The lowest BCUT2D eigenvalue weighted by molar-refractivity contribution is -0.148. The second-order valence-corrected chi connectivity index (χ2v) is 5.41. The Balaban J connectivity index is 1.76. The summed E-state index contributed by atoms with van der Waals surface area (Å²) >= 11 is 1.56. The number of para-hydroxylation sites is 1. The summed E-state index contributed by atoms with van der Waals surface area (Å²) in [6, 6.07) is 9.25. The molecular weight excluding hydrogens is 274 g/mol. The molecule has 3 rings (SSSR count). The molecule has 1 aliphatic rings. The fourth-order valence-electron chi connectivity index (χ4n) is 2.25. The summed E-state index contributed by atoms with van der Waals surface area (Å²) < 4.78 is 5.32. The van der Waals surface area contributed by atoms with Crippen LogP contribution in [-0.2, 0) is 20.9 Å². The van der Waals surface area contributed by atoms with Crippen LogP contribution in [0.3, 0.4) is 0 Å². The highest BCUT2D eigenvalue weighted by Gasteiger charge is 2.31. The summed E-state index contributed by atoms with van der Waals surface area (Å²) in [7, 11) is 0. The molecule has 20 heavy (non-hydrogen) atoms. The van der Waals surface area contributed by atoms with E-state index in [1.807, 2.05) is 35.0 Å². The van der Waals surface area contributed by atoms with Crippen molar-refractivity contribution in [3.63, 3.8) is 0 Å². The summed E-state index contributed by atoms with van der Waals surface area (Å²) in [5.74, 6) is -1.02. The highest BCUT2D eigenvalue weighted by atomic mass is 32.1. The number of carbonyl (C=O) groups excluding carboxylic acids is 2. The third kappa shape index (κ3) is 2.58. The fourth-order valence-corrected chi connectivity index (χ4v) is 2.90. The fraction of sp³-hybridized carbons (Fsp3) is 0.200.